The summed E-state index contributed by atoms with van der Waals surface area (Å²) in [5.74, 6) is 0.806. The van der Waals surface area contributed by atoms with Crippen molar-refractivity contribution in [3.05, 3.63) is 100.0 Å². The zero-order chi connectivity index (χ0) is 20.4. The summed E-state index contributed by atoms with van der Waals surface area (Å²) in [7, 11) is 1.65. The summed E-state index contributed by atoms with van der Waals surface area (Å²) >= 11 is 19.2. The van der Waals surface area contributed by atoms with Gasteiger partial charge < -0.3 is 4.74 Å². The molecule has 0 bridgehead atoms. The zero-order valence-electron chi connectivity index (χ0n) is 15.6. The van der Waals surface area contributed by atoms with Gasteiger partial charge in [0.05, 0.1) is 12.1 Å². The molecule has 4 heteroatoms. The highest BCUT2D eigenvalue weighted by molar-refractivity contribution is 6.37. The number of hydrogen-bond donors (Lipinski definition) is 0. The fourth-order valence-corrected chi connectivity index (χ4v) is 3.97. The van der Waals surface area contributed by atoms with Crippen molar-refractivity contribution in [2.75, 3.05) is 7.11 Å². The molecule has 0 saturated carbocycles. The van der Waals surface area contributed by atoms with Crippen LogP contribution in [0.15, 0.2) is 84.9 Å². The van der Waals surface area contributed by atoms with E-state index in [-0.39, 0.29) is 0 Å². The Kier molecular flexibility index (Phi) is 5.82. The summed E-state index contributed by atoms with van der Waals surface area (Å²) in [4.78, 5) is 0. The smallest absolute Gasteiger partial charge is 0.118 e. The van der Waals surface area contributed by atoms with E-state index in [1.54, 1.807) is 7.11 Å². The summed E-state index contributed by atoms with van der Waals surface area (Å²) in [6.45, 7) is 0. The first-order valence-corrected chi connectivity index (χ1v) is 10.2. The molecule has 4 aromatic rings. The number of benzene rings is 4. The molecular weight excluding hydrogens is 423 g/mol. The molecule has 0 aliphatic carbocycles. The average Bonchev–Trinajstić information content (AvgIpc) is 2.75. The van der Waals surface area contributed by atoms with Crippen LogP contribution in [-0.4, -0.2) is 7.11 Å². The monoisotopic (exact) mass is 438 g/mol. The Balaban J connectivity index is 1.93. The minimum atomic E-state index is 0.684. The van der Waals surface area contributed by atoms with E-state index in [4.69, 9.17) is 39.5 Å². The van der Waals surface area contributed by atoms with Crippen LogP contribution in [0.1, 0.15) is 0 Å². The van der Waals surface area contributed by atoms with Crippen LogP contribution in [0.5, 0.6) is 5.75 Å². The zero-order valence-corrected chi connectivity index (χ0v) is 17.9. The average molecular weight is 440 g/mol. The summed E-state index contributed by atoms with van der Waals surface area (Å²) in [5, 5.41) is 2.07. The van der Waals surface area contributed by atoms with E-state index in [0.29, 0.717) is 15.1 Å². The molecule has 0 aromatic heterocycles. The molecule has 0 radical (unpaired) electrons. The van der Waals surface area contributed by atoms with Crippen molar-refractivity contribution in [2.24, 2.45) is 0 Å². The maximum atomic E-state index is 6.99. The second kappa shape index (κ2) is 8.51. The fourth-order valence-electron chi connectivity index (χ4n) is 3.34. The highest BCUT2D eigenvalue weighted by atomic mass is 35.5. The minimum absolute atomic E-state index is 0.684. The summed E-state index contributed by atoms with van der Waals surface area (Å²) in [6, 6.07) is 27.5. The molecule has 144 valence electrons. The van der Waals surface area contributed by atoms with Gasteiger partial charge in [0.25, 0.3) is 0 Å². The van der Waals surface area contributed by atoms with Crippen LogP contribution >= 0.6 is 34.8 Å². The van der Waals surface area contributed by atoms with Crippen molar-refractivity contribution in [1.29, 1.82) is 0 Å². The van der Waals surface area contributed by atoms with Gasteiger partial charge in [-0.25, -0.2) is 0 Å². The second-order valence-corrected chi connectivity index (χ2v) is 7.84. The molecular formula is C25H17Cl3O. The van der Waals surface area contributed by atoms with Crippen molar-refractivity contribution in [2.45, 2.75) is 0 Å². The lowest BCUT2D eigenvalue weighted by atomic mass is 9.91. The van der Waals surface area contributed by atoms with E-state index in [9.17, 15) is 0 Å². The van der Waals surface area contributed by atoms with Crippen molar-refractivity contribution >= 4 is 34.8 Å². The molecule has 0 N–H and O–H groups in total. The maximum Gasteiger partial charge on any atom is 0.118 e. The largest absolute Gasteiger partial charge is 0.497 e. The highest BCUT2D eigenvalue weighted by Gasteiger charge is 2.16. The SMILES string of the molecule is COc1ccc(-c2ccc(-c3ccc(Cl)cc3)c(-c3ccc(Cl)cc3)c2Cl)cc1. The number of rotatable bonds is 4. The molecule has 4 aromatic carbocycles. The fraction of sp³-hybridized carbons (Fsp3) is 0.0400. The minimum Gasteiger partial charge on any atom is -0.497 e. The van der Waals surface area contributed by atoms with E-state index >= 15 is 0 Å². The summed E-state index contributed by atoms with van der Waals surface area (Å²) in [5.41, 5.74) is 6.01. The Morgan fingerprint density at radius 1 is 0.517 bits per heavy atom. The number of ether oxygens (including phenoxy) is 1. The molecule has 0 saturated heterocycles. The lowest BCUT2D eigenvalue weighted by molar-refractivity contribution is 0.415. The topological polar surface area (TPSA) is 9.23 Å². The van der Waals surface area contributed by atoms with Gasteiger partial charge in [-0.3, -0.25) is 0 Å². The van der Waals surface area contributed by atoms with Crippen molar-refractivity contribution in [3.63, 3.8) is 0 Å². The highest BCUT2D eigenvalue weighted by Crippen LogP contribution is 2.43. The molecule has 0 fully saturated rings. The normalized spacial score (nSPS) is 10.8. The van der Waals surface area contributed by atoms with Crippen LogP contribution in [0, 0.1) is 0 Å². The van der Waals surface area contributed by atoms with E-state index in [2.05, 4.69) is 6.07 Å². The first-order chi connectivity index (χ1) is 14.1. The Labute approximate surface area is 185 Å². The molecule has 0 heterocycles. The summed E-state index contributed by atoms with van der Waals surface area (Å²) in [6.07, 6.45) is 0. The first-order valence-electron chi connectivity index (χ1n) is 9.05. The van der Waals surface area contributed by atoms with Gasteiger partial charge >= 0.3 is 0 Å². The Morgan fingerprint density at radius 2 is 0.966 bits per heavy atom. The van der Waals surface area contributed by atoms with Gasteiger partial charge in [-0.05, 0) is 58.7 Å². The number of hydrogen-bond acceptors (Lipinski definition) is 1. The predicted molar refractivity (Wildman–Crippen MR) is 124 cm³/mol. The van der Waals surface area contributed by atoms with Crippen LogP contribution in [0.3, 0.4) is 0 Å². The van der Waals surface area contributed by atoms with E-state index < -0.39 is 0 Å². The quantitative estimate of drug-likeness (QED) is 0.309. The molecule has 0 amide bonds. The number of halogens is 3. The van der Waals surface area contributed by atoms with E-state index in [1.165, 1.54) is 0 Å². The van der Waals surface area contributed by atoms with Gasteiger partial charge in [0.1, 0.15) is 5.75 Å². The molecule has 0 atom stereocenters. The van der Waals surface area contributed by atoms with Crippen LogP contribution in [-0.2, 0) is 0 Å². The van der Waals surface area contributed by atoms with Gasteiger partial charge in [0.2, 0.25) is 0 Å². The molecule has 0 aliphatic rings. The molecule has 0 aliphatic heterocycles. The molecule has 0 spiro atoms. The van der Waals surface area contributed by atoms with Crippen LogP contribution < -0.4 is 4.74 Å². The first kappa shape index (κ1) is 19.8. The molecule has 4 rings (SSSR count). The lowest BCUT2D eigenvalue weighted by Gasteiger charge is -2.16. The second-order valence-electron chi connectivity index (χ2n) is 6.59. The standard InChI is InChI=1S/C25H17Cl3O/c1-29-21-12-6-17(7-13-21)23-15-14-22(16-2-8-19(26)9-3-16)24(25(23)28)18-4-10-20(27)11-5-18/h2-15H,1H3. The predicted octanol–water partition coefficient (Wildman–Crippen LogP) is 8.66. The molecule has 1 nitrogen and oxygen atoms in total. The van der Waals surface area contributed by atoms with Crippen LogP contribution in [0.25, 0.3) is 33.4 Å². The maximum absolute atomic E-state index is 6.99. The summed E-state index contributed by atoms with van der Waals surface area (Å²) < 4.78 is 5.27. The number of methoxy groups -OCH3 is 1. The molecule has 0 unspecified atom stereocenters. The van der Waals surface area contributed by atoms with Gasteiger partial charge in [0, 0.05) is 21.2 Å². The van der Waals surface area contributed by atoms with E-state index in [1.807, 2.05) is 78.9 Å². The van der Waals surface area contributed by atoms with Crippen molar-refractivity contribution in [1.82, 2.24) is 0 Å². The Morgan fingerprint density at radius 3 is 1.52 bits per heavy atom. The van der Waals surface area contributed by atoms with Gasteiger partial charge in [-0.15, -0.1) is 0 Å². The van der Waals surface area contributed by atoms with Crippen molar-refractivity contribution < 1.29 is 4.74 Å². The van der Waals surface area contributed by atoms with Gasteiger partial charge in [0.15, 0.2) is 0 Å². The third-order valence-corrected chi connectivity index (χ3v) is 5.73. The Hall–Kier alpha value is -2.45. The van der Waals surface area contributed by atoms with Gasteiger partial charge in [-0.1, -0.05) is 83.3 Å². The third-order valence-electron chi connectivity index (χ3n) is 4.83. The third kappa shape index (κ3) is 4.13. The van der Waals surface area contributed by atoms with Gasteiger partial charge in [-0.2, -0.15) is 0 Å². The van der Waals surface area contributed by atoms with E-state index in [0.717, 1.165) is 39.1 Å². The van der Waals surface area contributed by atoms with Crippen molar-refractivity contribution in [3.8, 4) is 39.1 Å². The Bertz CT molecular complexity index is 1130. The van der Waals surface area contributed by atoms with Crippen LogP contribution in [0.4, 0.5) is 0 Å². The molecule has 29 heavy (non-hydrogen) atoms. The van der Waals surface area contributed by atoms with Crippen LogP contribution in [0.2, 0.25) is 15.1 Å². The lowest BCUT2D eigenvalue weighted by Crippen LogP contribution is -1.91.